The number of benzene rings is 1. The molecule has 0 saturated carbocycles. The molecule has 0 fully saturated rings. The molecule has 0 aromatic heterocycles. The van der Waals surface area contributed by atoms with Crippen LogP contribution in [0.15, 0.2) is 36.4 Å². The number of rotatable bonds is 6. The first-order valence-electron chi connectivity index (χ1n) is 5.44. The van der Waals surface area contributed by atoms with Gasteiger partial charge in [-0.2, -0.15) is 0 Å². The topological polar surface area (TPSA) is 38.7 Å². The van der Waals surface area contributed by atoms with Crippen LogP contribution >= 0.6 is 0 Å². The van der Waals surface area contributed by atoms with Crippen LogP contribution in [0.1, 0.15) is 19.4 Å². The van der Waals surface area contributed by atoms with Crippen molar-refractivity contribution in [1.29, 1.82) is 0 Å². The van der Waals surface area contributed by atoms with Crippen LogP contribution in [0.5, 0.6) is 0 Å². The molecular formula is C13H18O3. The fraction of sp³-hybridized carbons (Fsp3) is 0.385. The molecule has 0 bridgehead atoms. The lowest BCUT2D eigenvalue weighted by Gasteiger charge is -2.23. The first-order valence-corrected chi connectivity index (χ1v) is 5.44. The van der Waals surface area contributed by atoms with E-state index in [1.54, 1.807) is 19.9 Å². The lowest BCUT2D eigenvalue weighted by atomic mass is 10.2. The summed E-state index contributed by atoms with van der Waals surface area (Å²) in [6.45, 7) is 4.38. The Labute approximate surface area is 96.3 Å². The smallest absolute Gasteiger partial charge is 0.302 e. The first kappa shape index (κ1) is 12.9. The summed E-state index contributed by atoms with van der Waals surface area (Å²) in [5, 5.41) is 9.94. The number of hydrogen-bond donors (Lipinski definition) is 1. The number of hydrogen-bond acceptors (Lipinski definition) is 3. The zero-order valence-corrected chi connectivity index (χ0v) is 9.72. The highest BCUT2D eigenvalue weighted by molar-refractivity contribution is 5.49. The van der Waals surface area contributed by atoms with E-state index in [1.807, 2.05) is 30.3 Å². The van der Waals surface area contributed by atoms with E-state index < -0.39 is 5.97 Å². The van der Waals surface area contributed by atoms with Crippen molar-refractivity contribution in [1.82, 2.24) is 0 Å². The van der Waals surface area contributed by atoms with Crippen LogP contribution in [0.4, 0.5) is 0 Å². The molecule has 1 N–H and O–H groups in total. The van der Waals surface area contributed by atoms with Gasteiger partial charge in [-0.15, -0.1) is 0 Å². The van der Waals surface area contributed by atoms with Crippen molar-refractivity contribution in [3.63, 3.8) is 0 Å². The molecule has 3 nitrogen and oxygen atoms in total. The Morgan fingerprint density at radius 2 is 1.69 bits per heavy atom. The quantitative estimate of drug-likeness (QED) is 0.751. The summed E-state index contributed by atoms with van der Waals surface area (Å²) in [7, 11) is 0. The molecule has 0 atom stereocenters. The molecule has 0 aliphatic heterocycles. The average molecular weight is 222 g/mol. The largest absolute Gasteiger partial charge is 0.340 e. The maximum atomic E-state index is 9.94. The SMILES string of the molecule is CCOC(O)(C=Cc1ccccc1)OCC. The summed E-state index contributed by atoms with van der Waals surface area (Å²) in [5.74, 6) is -1.63. The molecule has 1 aromatic rings. The number of aliphatic hydroxyl groups is 1. The van der Waals surface area contributed by atoms with Gasteiger partial charge in [0.25, 0.3) is 0 Å². The van der Waals surface area contributed by atoms with E-state index in [9.17, 15) is 5.11 Å². The Bertz CT molecular complexity index is 313. The summed E-state index contributed by atoms with van der Waals surface area (Å²) in [6, 6.07) is 9.68. The maximum Gasteiger partial charge on any atom is 0.302 e. The van der Waals surface area contributed by atoms with E-state index in [0.29, 0.717) is 13.2 Å². The summed E-state index contributed by atoms with van der Waals surface area (Å²) in [4.78, 5) is 0. The van der Waals surface area contributed by atoms with Crippen LogP contribution in [0.25, 0.3) is 6.08 Å². The minimum atomic E-state index is -1.63. The van der Waals surface area contributed by atoms with Gasteiger partial charge in [0.1, 0.15) is 0 Å². The third-order valence-corrected chi connectivity index (χ3v) is 1.99. The lowest BCUT2D eigenvalue weighted by molar-refractivity contribution is -0.324. The summed E-state index contributed by atoms with van der Waals surface area (Å²) in [5.41, 5.74) is 0.986. The maximum absolute atomic E-state index is 9.94. The van der Waals surface area contributed by atoms with E-state index in [-0.39, 0.29) is 0 Å². The van der Waals surface area contributed by atoms with Crippen LogP contribution < -0.4 is 0 Å². The monoisotopic (exact) mass is 222 g/mol. The van der Waals surface area contributed by atoms with Gasteiger partial charge in [0.2, 0.25) is 0 Å². The van der Waals surface area contributed by atoms with E-state index >= 15 is 0 Å². The molecule has 16 heavy (non-hydrogen) atoms. The minimum absolute atomic E-state index is 0.385. The van der Waals surface area contributed by atoms with Crippen LogP contribution in [-0.2, 0) is 9.47 Å². The fourth-order valence-corrected chi connectivity index (χ4v) is 1.32. The van der Waals surface area contributed by atoms with Gasteiger partial charge in [-0.3, -0.25) is 0 Å². The van der Waals surface area contributed by atoms with Gasteiger partial charge in [0, 0.05) is 19.3 Å². The van der Waals surface area contributed by atoms with Crippen molar-refractivity contribution in [2.24, 2.45) is 0 Å². The Hall–Kier alpha value is -1.16. The van der Waals surface area contributed by atoms with Gasteiger partial charge in [-0.05, 0) is 19.4 Å². The zero-order chi connectivity index (χ0) is 11.9. The Morgan fingerprint density at radius 3 is 2.19 bits per heavy atom. The number of ether oxygens (including phenoxy) is 2. The van der Waals surface area contributed by atoms with E-state index in [0.717, 1.165) is 5.56 Å². The highest BCUT2D eigenvalue weighted by atomic mass is 16.8. The van der Waals surface area contributed by atoms with Gasteiger partial charge in [-0.1, -0.05) is 36.4 Å². The van der Waals surface area contributed by atoms with Crippen molar-refractivity contribution < 1.29 is 14.6 Å². The molecule has 0 unspecified atom stereocenters. The van der Waals surface area contributed by atoms with Crippen LogP contribution in [-0.4, -0.2) is 24.3 Å². The predicted octanol–water partition coefficient (Wildman–Crippen LogP) is 2.42. The zero-order valence-electron chi connectivity index (χ0n) is 9.72. The molecule has 0 heterocycles. The molecule has 3 heteroatoms. The standard InChI is InChI=1S/C13H18O3/c1-3-15-13(14,16-4-2)11-10-12-8-6-5-7-9-12/h5-11,14H,3-4H2,1-2H3. The van der Waals surface area contributed by atoms with E-state index in [1.165, 1.54) is 6.08 Å². The van der Waals surface area contributed by atoms with Crippen molar-refractivity contribution in [2.75, 3.05) is 13.2 Å². The van der Waals surface area contributed by atoms with Crippen LogP contribution in [0.3, 0.4) is 0 Å². The summed E-state index contributed by atoms with van der Waals surface area (Å²) >= 11 is 0. The lowest BCUT2D eigenvalue weighted by Crippen LogP contribution is -2.33. The second-order valence-electron chi connectivity index (χ2n) is 3.24. The van der Waals surface area contributed by atoms with E-state index in [2.05, 4.69) is 0 Å². The third kappa shape index (κ3) is 4.14. The molecular weight excluding hydrogens is 204 g/mol. The van der Waals surface area contributed by atoms with Crippen LogP contribution in [0.2, 0.25) is 0 Å². The summed E-state index contributed by atoms with van der Waals surface area (Å²) < 4.78 is 10.3. The molecule has 88 valence electrons. The van der Waals surface area contributed by atoms with Gasteiger partial charge < -0.3 is 14.6 Å². The molecule has 0 aliphatic rings. The average Bonchev–Trinajstić information content (AvgIpc) is 2.29. The van der Waals surface area contributed by atoms with Gasteiger partial charge in [-0.25, -0.2) is 0 Å². The second-order valence-corrected chi connectivity index (χ2v) is 3.24. The third-order valence-electron chi connectivity index (χ3n) is 1.99. The Morgan fingerprint density at radius 1 is 1.12 bits per heavy atom. The van der Waals surface area contributed by atoms with Crippen molar-refractivity contribution in [3.8, 4) is 0 Å². The van der Waals surface area contributed by atoms with Crippen molar-refractivity contribution in [3.05, 3.63) is 42.0 Å². The first-order chi connectivity index (χ1) is 7.70. The van der Waals surface area contributed by atoms with Crippen LogP contribution in [0, 0.1) is 0 Å². The minimum Gasteiger partial charge on any atom is -0.340 e. The molecule has 0 radical (unpaired) electrons. The Kier molecular flexibility index (Phi) is 5.19. The molecule has 0 aliphatic carbocycles. The fourth-order valence-electron chi connectivity index (χ4n) is 1.32. The predicted molar refractivity (Wildman–Crippen MR) is 63.7 cm³/mol. The van der Waals surface area contributed by atoms with Crippen molar-refractivity contribution >= 4 is 6.08 Å². The molecule has 0 amide bonds. The normalized spacial score (nSPS) is 12.2. The van der Waals surface area contributed by atoms with Crippen molar-refractivity contribution in [2.45, 2.75) is 19.8 Å². The highest BCUT2D eigenvalue weighted by Gasteiger charge is 2.23. The Balaban J connectivity index is 2.71. The van der Waals surface area contributed by atoms with Gasteiger partial charge >= 0.3 is 5.97 Å². The second kappa shape index (κ2) is 6.43. The summed E-state index contributed by atoms with van der Waals surface area (Å²) in [6.07, 6.45) is 3.28. The van der Waals surface area contributed by atoms with Gasteiger partial charge in [0.15, 0.2) is 0 Å². The molecule has 0 saturated heterocycles. The van der Waals surface area contributed by atoms with Gasteiger partial charge in [0.05, 0.1) is 0 Å². The van der Waals surface area contributed by atoms with E-state index in [4.69, 9.17) is 9.47 Å². The highest BCUT2D eigenvalue weighted by Crippen LogP contribution is 2.13. The molecule has 1 rings (SSSR count). The molecule has 1 aromatic carbocycles. The molecule has 0 spiro atoms.